The van der Waals surface area contributed by atoms with Crippen molar-refractivity contribution in [3.63, 3.8) is 0 Å². The number of carbonyl (C=O) groups excluding carboxylic acids is 2. The molecule has 0 aliphatic rings. The van der Waals surface area contributed by atoms with Crippen molar-refractivity contribution in [3.05, 3.63) is 78.9 Å². The van der Waals surface area contributed by atoms with Crippen molar-refractivity contribution in [2.24, 2.45) is 0 Å². The number of benzene rings is 2. The fourth-order valence-electron chi connectivity index (χ4n) is 3.79. The first-order valence-corrected chi connectivity index (χ1v) is 11.3. The van der Waals surface area contributed by atoms with Gasteiger partial charge in [0.05, 0.1) is 21.9 Å². The molecule has 0 aliphatic heterocycles. The maximum absolute atomic E-state index is 13.3. The quantitative estimate of drug-likeness (QED) is 0.162. The highest BCUT2D eigenvalue weighted by Crippen LogP contribution is 2.39. The summed E-state index contributed by atoms with van der Waals surface area (Å²) in [6, 6.07) is 2.38. The Hall–Kier alpha value is -4.24. The minimum absolute atomic E-state index is 0.0586. The van der Waals surface area contributed by atoms with E-state index in [-0.39, 0.29) is 24.0 Å². The molecule has 10 nitrogen and oxygen atoms in total. The molecule has 0 radical (unpaired) electrons. The fourth-order valence-corrected chi connectivity index (χ4v) is 3.79. The van der Waals surface area contributed by atoms with Crippen LogP contribution in [0.25, 0.3) is 0 Å². The van der Waals surface area contributed by atoms with E-state index in [2.05, 4.69) is 10.6 Å². The SMILES string of the molecule is CCC(NC(=O)CC(=O)NC(CC)c1ccc([N+](=O)[O-])c(C(F)(F)F)c1)c1ccc([N+](=O)[O-])c(C(F)(F)F)c1. The molecule has 2 N–H and O–H groups in total. The van der Waals surface area contributed by atoms with E-state index >= 15 is 0 Å². The van der Waals surface area contributed by atoms with Crippen molar-refractivity contribution in [1.82, 2.24) is 10.6 Å². The van der Waals surface area contributed by atoms with Crippen LogP contribution in [-0.2, 0) is 21.9 Å². The van der Waals surface area contributed by atoms with Crippen LogP contribution in [0.4, 0.5) is 37.7 Å². The smallest absolute Gasteiger partial charge is 0.349 e. The van der Waals surface area contributed by atoms with Gasteiger partial charge in [-0.25, -0.2) is 0 Å². The predicted molar refractivity (Wildman–Crippen MR) is 123 cm³/mol. The van der Waals surface area contributed by atoms with E-state index in [1.807, 2.05) is 0 Å². The molecule has 2 aromatic rings. The Kier molecular flexibility index (Phi) is 9.60. The minimum atomic E-state index is -5.04. The summed E-state index contributed by atoms with van der Waals surface area (Å²) in [5.41, 5.74) is -5.55. The number of carbonyl (C=O) groups is 2. The molecule has 0 saturated heterocycles. The van der Waals surface area contributed by atoms with Crippen molar-refractivity contribution >= 4 is 23.2 Å². The monoisotopic (exact) mass is 564 g/mol. The van der Waals surface area contributed by atoms with Crippen molar-refractivity contribution < 1.29 is 45.8 Å². The molecular formula is C23H22F6N4O6. The molecule has 212 valence electrons. The van der Waals surface area contributed by atoms with Gasteiger partial charge >= 0.3 is 12.4 Å². The molecule has 2 atom stereocenters. The molecule has 2 aromatic carbocycles. The number of rotatable bonds is 10. The van der Waals surface area contributed by atoms with Crippen molar-refractivity contribution in [1.29, 1.82) is 0 Å². The van der Waals surface area contributed by atoms with Gasteiger partial charge in [-0.3, -0.25) is 29.8 Å². The van der Waals surface area contributed by atoms with Gasteiger partial charge in [0.15, 0.2) is 0 Å². The van der Waals surface area contributed by atoms with Crippen LogP contribution in [0.15, 0.2) is 36.4 Å². The van der Waals surface area contributed by atoms with E-state index in [9.17, 15) is 56.2 Å². The maximum atomic E-state index is 13.3. The molecule has 16 heteroatoms. The van der Waals surface area contributed by atoms with Gasteiger partial charge < -0.3 is 10.6 Å². The summed E-state index contributed by atoms with van der Waals surface area (Å²) in [6.45, 7) is 3.03. The zero-order valence-electron chi connectivity index (χ0n) is 20.4. The normalized spacial score (nSPS) is 13.3. The third kappa shape index (κ3) is 7.87. The van der Waals surface area contributed by atoms with Crippen LogP contribution in [-0.4, -0.2) is 21.7 Å². The highest BCUT2D eigenvalue weighted by molar-refractivity contribution is 5.97. The Labute approximate surface area is 216 Å². The van der Waals surface area contributed by atoms with Gasteiger partial charge in [0.1, 0.15) is 17.5 Å². The minimum Gasteiger partial charge on any atom is -0.349 e. The van der Waals surface area contributed by atoms with Crippen LogP contribution < -0.4 is 10.6 Å². The molecule has 0 saturated carbocycles. The molecule has 2 rings (SSSR count). The van der Waals surface area contributed by atoms with Gasteiger partial charge in [-0.05, 0) is 36.1 Å². The average Bonchev–Trinajstić information content (AvgIpc) is 2.83. The molecule has 0 bridgehead atoms. The number of nitro benzene ring substituents is 2. The standard InChI is InChI=1S/C23H22F6N4O6/c1-3-16(12-5-7-18(32(36)37)14(9-12)22(24,25)26)30-20(34)11-21(35)31-17(4-2)13-6-8-19(33(38)39)15(10-13)23(27,28)29/h5-10,16-17H,3-4,11H2,1-2H3,(H,30,34)(H,31,35). The number of halogens is 6. The summed E-state index contributed by atoms with van der Waals surface area (Å²) in [7, 11) is 0. The zero-order valence-corrected chi connectivity index (χ0v) is 20.4. The molecule has 0 aromatic heterocycles. The number of nitrogens with one attached hydrogen (secondary N) is 2. The second-order valence-electron chi connectivity index (χ2n) is 8.30. The molecule has 0 aliphatic carbocycles. The largest absolute Gasteiger partial charge is 0.423 e. The average molecular weight is 564 g/mol. The Balaban J connectivity index is 2.18. The lowest BCUT2D eigenvalue weighted by Gasteiger charge is -2.21. The molecule has 0 spiro atoms. The number of alkyl halides is 6. The van der Waals surface area contributed by atoms with Gasteiger partial charge in [-0.1, -0.05) is 26.0 Å². The third-order valence-electron chi connectivity index (χ3n) is 5.66. The molecule has 39 heavy (non-hydrogen) atoms. The Morgan fingerprint density at radius 3 is 1.33 bits per heavy atom. The van der Waals surface area contributed by atoms with Gasteiger partial charge in [0.2, 0.25) is 11.8 Å². The molecular weight excluding hydrogens is 542 g/mol. The lowest BCUT2D eigenvalue weighted by atomic mass is 9.99. The summed E-state index contributed by atoms with van der Waals surface area (Å²) >= 11 is 0. The zero-order chi connectivity index (χ0) is 29.7. The van der Waals surface area contributed by atoms with Crippen molar-refractivity contribution in [2.45, 2.75) is 57.5 Å². The molecule has 2 unspecified atom stereocenters. The van der Waals surface area contributed by atoms with E-state index in [1.54, 1.807) is 0 Å². The van der Waals surface area contributed by atoms with E-state index in [0.29, 0.717) is 24.3 Å². The first-order valence-electron chi connectivity index (χ1n) is 11.3. The molecule has 0 heterocycles. The number of nitrogens with zero attached hydrogens (tertiary/aromatic N) is 2. The maximum Gasteiger partial charge on any atom is 0.423 e. The van der Waals surface area contributed by atoms with E-state index in [0.717, 1.165) is 12.1 Å². The summed E-state index contributed by atoms with van der Waals surface area (Å²) in [4.78, 5) is 44.4. The Morgan fingerprint density at radius 2 is 1.08 bits per heavy atom. The highest BCUT2D eigenvalue weighted by atomic mass is 19.4. The van der Waals surface area contributed by atoms with Crippen LogP contribution in [0, 0.1) is 20.2 Å². The number of amides is 2. The number of hydrogen-bond donors (Lipinski definition) is 2. The highest BCUT2D eigenvalue weighted by Gasteiger charge is 2.40. The molecule has 2 amide bonds. The summed E-state index contributed by atoms with van der Waals surface area (Å²) in [5.74, 6) is -1.86. The van der Waals surface area contributed by atoms with Gasteiger partial charge in [0, 0.05) is 12.1 Å². The van der Waals surface area contributed by atoms with Crippen LogP contribution in [0.2, 0.25) is 0 Å². The first kappa shape index (κ1) is 31.0. The molecule has 0 fully saturated rings. The van der Waals surface area contributed by atoms with E-state index in [4.69, 9.17) is 0 Å². The summed E-state index contributed by atoms with van der Waals surface area (Å²) in [5, 5.41) is 26.6. The van der Waals surface area contributed by atoms with Gasteiger partial charge in [0.25, 0.3) is 11.4 Å². The first-order chi connectivity index (χ1) is 18.0. The Morgan fingerprint density at radius 1 is 0.744 bits per heavy atom. The van der Waals surface area contributed by atoms with Crippen LogP contribution in [0.5, 0.6) is 0 Å². The van der Waals surface area contributed by atoms with Crippen LogP contribution in [0.3, 0.4) is 0 Å². The topological polar surface area (TPSA) is 144 Å². The Bertz CT molecular complexity index is 1170. The second kappa shape index (κ2) is 12.1. The van der Waals surface area contributed by atoms with Gasteiger partial charge in [-0.2, -0.15) is 26.3 Å². The lowest BCUT2D eigenvalue weighted by molar-refractivity contribution is -0.388. The van der Waals surface area contributed by atoms with E-state index in [1.165, 1.54) is 13.8 Å². The second-order valence-corrected chi connectivity index (χ2v) is 8.30. The van der Waals surface area contributed by atoms with Crippen LogP contribution in [0.1, 0.15) is 67.4 Å². The van der Waals surface area contributed by atoms with Crippen LogP contribution >= 0.6 is 0 Å². The van der Waals surface area contributed by atoms with E-state index < -0.39 is 75.0 Å². The summed E-state index contributed by atoms with van der Waals surface area (Å²) in [6.07, 6.45) is -10.8. The third-order valence-corrected chi connectivity index (χ3v) is 5.66. The predicted octanol–water partition coefficient (Wildman–Crippen LogP) is 5.77. The number of hydrogen-bond acceptors (Lipinski definition) is 6. The number of nitro groups is 2. The fraction of sp³-hybridized carbons (Fsp3) is 0.391. The summed E-state index contributed by atoms with van der Waals surface area (Å²) < 4.78 is 79.8. The van der Waals surface area contributed by atoms with Crippen molar-refractivity contribution in [2.75, 3.05) is 0 Å². The lowest BCUT2D eigenvalue weighted by Crippen LogP contribution is -2.35. The van der Waals surface area contributed by atoms with Gasteiger partial charge in [-0.15, -0.1) is 0 Å². The van der Waals surface area contributed by atoms with Crippen molar-refractivity contribution in [3.8, 4) is 0 Å².